The van der Waals surface area contributed by atoms with Crippen LogP contribution in [-0.4, -0.2) is 25.5 Å². The molecule has 22 heavy (non-hydrogen) atoms. The standard InChI is InChI=1S/C16H25N5O/c1-10(2)9-21-13(5)14(12(4)19-21)8-16(22)17-15-7-11(3)18-20(15)6/h7,10H,8-9H2,1-6H3,(H,17,22). The van der Waals surface area contributed by atoms with Gasteiger partial charge in [0.1, 0.15) is 5.82 Å². The van der Waals surface area contributed by atoms with Crippen molar-refractivity contribution in [2.45, 2.75) is 47.6 Å². The topological polar surface area (TPSA) is 64.7 Å². The first-order valence-electron chi connectivity index (χ1n) is 7.61. The Bertz CT molecular complexity index is 681. The number of nitrogens with one attached hydrogen (secondary N) is 1. The number of hydrogen-bond donors (Lipinski definition) is 1. The van der Waals surface area contributed by atoms with Gasteiger partial charge >= 0.3 is 0 Å². The van der Waals surface area contributed by atoms with Crippen molar-refractivity contribution in [2.24, 2.45) is 13.0 Å². The number of carbonyl (C=O) groups is 1. The second-order valence-corrected chi connectivity index (χ2v) is 6.24. The Morgan fingerprint density at radius 1 is 1.27 bits per heavy atom. The monoisotopic (exact) mass is 303 g/mol. The van der Waals surface area contributed by atoms with Crippen LogP contribution in [0.3, 0.4) is 0 Å². The van der Waals surface area contributed by atoms with Crippen LogP contribution in [0.25, 0.3) is 0 Å². The van der Waals surface area contributed by atoms with Gasteiger partial charge in [-0.15, -0.1) is 0 Å². The lowest BCUT2D eigenvalue weighted by Crippen LogP contribution is -2.17. The van der Waals surface area contributed by atoms with E-state index in [9.17, 15) is 4.79 Å². The van der Waals surface area contributed by atoms with Crippen molar-refractivity contribution in [3.05, 3.63) is 28.7 Å². The Labute approximate surface area is 131 Å². The van der Waals surface area contributed by atoms with Gasteiger partial charge in [0.15, 0.2) is 0 Å². The zero-order valence-electron chi connectivity index (χ0n) is 14.3. The summed E-state index contributed by atoms with van der Waals surface area (Å²) < 4.78 is 3.67. The summed E-state index contributed by atoms with van der Waals surface area (Å²) in [5.74, 6) is 1.20. The molecule has 0 spiro atoms. The van der Waals surface area contributed by atoms with Crippen molar-refractivity contribution in [2.75, 3.05) is 5.32 Å². The average Bonchev–Trinajstić information content (AvgIpc) is 2.83. The maximum Gasteiger partial charge on any atom is 0.230 e. The van der Waals surface area contributed by atoms with Crippen LogP contribution in [-0.2, 0) is 24.8 Å². The van der Waals surface area contributed by atoms with Crippen LogP contribution in [0.4, 0.5) is 5.82 Å². The van der Waals surface area contributed by atoms with Crippen molar-refractivity contribution in [1.82, 2.24) is 19.6 Å². The van der Waals surface area contributed by atoms with Gasteiger partial charge in [-0.25, -0.2) is 0 Å². The van der Waals surface area contributed by atoms with E-state index in [1.807, 2.05) is 38.6 Å². The summed E-state index contributed by atoms with van der Waals surface area (Å²) in [5.41, 5.74) is 3.89. The number of anilines is 1. The molecule has 0 aliphatic rings. The van der Waals surface area contributed by atoms with Crippen LogP contribution in [0.5, 0.6) is 0 Å². The zero-order chi connectivity index (χ0) is 16.4. The minimum absolute atomic E-state index is 0.0432. The number of hydrogen-bond acceptors (Lipinski definition) is 3. The van der Waals surface area contributed by atoms with Gasteiger partial charge in [-0.2, -0.15) is 10.2 Å². The first kappa shape index (κ1) is 16.3. The molecule has 1 amide bonds. The minimum atomic E-state index is -0.0432. The van der Waals surface area contributed by atoms with Crippen molar-refractivity contribution in [3.8, 4) is 0 Å². The predicted molar refractivity (Wildman–Crippen MR) is 86.8 cm³/mol. The van der Waals surface area contributed by atoms with E-state index in [1.165, 1.54) is 0 Å². The predicted octanol–water partition coefficient (Wildman–Crippen LogP) is 2.38. The van der Waals surface area contributed by atoms with Gasteiger partial charge in [-0.3, -0.25) is 14.2 Å². The molecule has 120 valence electrons. The Hall–Kier alpha value is -2.11. The summed E-state index contributed by atoms with van der Waals surface area (Å²) in [6.07, 6.45) is 0.333. The molecule has 2 heterocycles. The van der Waals surface area contributed by atoms with Gasteiger partial charge < -0.3 is 5.32 Å². The van der Waals surface area contributed by atoms with Crippen LogP contribution in [0, 0.1) is 26.7 Å². The summed E-state index contributed by atoms with van der Waals surface area (Å²) in [6.45, 7) is 11.1. The summed E-state index contributed by atoms with van der Waals surface area (Å²) in [7, 11) is 1.82. The number of rotatable bonds is 5. The summed E-state index contributed by atoms with van der Waals surface area (Å²) in [5, 5.41) is 11.7. The van der Waals surface area contributed by atoms with Crippen LogP contribution in [0.2, 0.25) is 0 Å². The SMILES string of the molecule is Cc1cc(NC(=O)Cc2c(C)nn(CC(C)C)c2C)n(C)n1. The minimum Gasteiger partial charge on any atom is -0.311 e. The Balaban J connectivity index is 2.11. The molecule has 2 rings (SSSR count). The first-order valence-corrected chi connectivity index (χ1v) is 7.61. The van der Waals surface area contributed by atoms with E-state index in [0.29, 0.717) is 18.2 Å². The lowest BCUT2D eigenvalue weighted by molar-refractivity contribution is -0.115. The van der Waals surface area contributed by atoms with Crippen LogP contribution < -0.4 is 5.32 Å². The van der Waals surface area contributed by atoms with Gasteiger partial charge in [0.05, 0.1) is 17.8 Å². The van der Waals surface area contributed by atoms with E-state index in [-0.39, 0.29) is 5.91 Å². The van der Waals surface area contributed by atoms with Crippen molar-refractivity contribution < 1.29 is 4.79 Å². The molecule has 2 aromatic heterocycles. The summed E-state index contributed by atoms with van der Waals surface area (Å²) >= 11 is 0. The molecular formula is C16H25N5O. The quantitative estimate of drug-likeness (QED) is 0.922. The largest absolute Gasteiger partial charge is 0.311 e. The van der Waals surface area contributed by atoms with Gasteiger partial charge in [-0.1, -0.05) is 13.8 Å². The molecule has 0 bridgehead atoms. The highest BCUT2D eigenvalue weighted by Crippen LogP contribution is 2.16. The second-order valence-electron chi connectivity index (χ2n) is 6.24. The number of carbonyl (C=O) groups excluding carboxylic acids is 1. The lowest BCUT2D eigenvalue weighted by Gasteiger charge is -2.08. The Morgan fingerprint density at radius 3 is 2.50 bits per heavy atom. The van der Waals surface area contributed by atoms with Crippen molar-refractivity contribution in [1.29, 1.82) is 0 Å². The second kappa shape index (κ2) is 6.34. The molecule has 6 nitrogen and oxygen atoms in total. The number of aromatic nitrogens is 4. The van der Waals surface area contributed by atoms with Crippen LogP contribution in [0.1, 0.15) is 36.5 Å². The fraction of sp³-hybridized carbons (Fsp3) is 0.562. The van der Waals surface area contributed by atoms with E-state index < -0.39 is 0 Å². The average molecular weight is 303 g/mol. The molecular weight excluding hydrogens is 278 g/mol. The van der Waals surface area contributed by atoms with E-state index in [2.05, 4.69) is 29.4 Å². The third-order valence-electron chi connectivity index (χ3n) is 3.68. The fourth-order valence-corrected chi connectivity index (χ4v) is 2.59. The molecule has 2 aromatic rings. The van der Waals surface area contributed by atoms with E-state index in [4.69, 9.17) is 0 Å². The molecule has 1 N–H and O–H groups in total. The zero-order valence-corrected chi connectivity index (χ0v) is 14.3. The molecule has 0 unspecified atom stereocenters. The molecule has 0 radical (unpaired) electrons. The number of amides is 1. The molecule has 6 heteroatoms. The fourth-order valence-electron chi connectivity index (χ4n) is 2.59. The Kier molecular flexibility index (Phi) is 4.68. The van der Waals surface area contributed by atoms with Gasteiger partial charge in [-0.05, 0) is 26.7 Å². The third kappa shape index (κ3) is 3.55. The smallest absolute Gasteiger partial charge is 0.230 e. The lowest BCUT2D eigenvalue weighted by atomic mass is 10.1. The summed E-state index contributed by atoms with van der Waals surface area (Å²) in [6, 6.07) is 1.86. The number of nitrogens with zero attached hydrogens (tertiary/aromatic N) is 4. The van der Waals surface area contributed by atoms with Gasteiger partial charge in [0, 0.05) is 30.9 Å². The van der Waals surface area contributed by atoms with Crippen molar-refractivity contribution in [3.63, 3.8) is 0 Å². The van der Waals surface area contributed by atoms with Crippen molar-refractivity contribution >= 4 is 11.7 Å². The van der Waals surface area contributed by atoms with Crippen LogP contribution >= 0.6 is 0 Å². The normalized spacial score (nSPS) is 11.2. The third-order valence-corrected chi connectivity index (χ3v) is 3.68. The van der Waals surface area contributed by atoms with E-state index in [0.717, 1.165) is 29.2 Å². The maximum atomic E-state index is 12.3. The molecule has 0 aliphatic carbocycles. The highest BCUT2D eigenvalue weighted by molar-refractivity contribution is 5.91. The highest BCUT2D eigenvalue weighted by atomic mass is 16.1. The van der Waals surface area contributed by atoms with Gasteiger partial charge in [0.25, 0.3) is 0 Å². The Morgan fingerprint density at radius 2 is 1.95 bits per heavy atom. The molecule has 0 aromatic carbocycles. The van der Waals surface area contributed by atoms with E-state index >= 15 is 0 Å². The summed E-state index contributed by atoms with van der Waals surface area (Å²) in [4.78, 5) is 12.3. The highest BCUT2D eigenvalue weighted by Gasteiger charge is 2.16. The first-order chi connectivity index (χ1) is 10.3. The molecule has 0 fully saturated rings. The molecule has 0 aliphatic heterocycles. The number of aryl methyl sites for hydroxylation is 3. The molecule has 0 atom stereocenters. The maximum absolute atomic E-state index is 12.3. The van der Waals surface area contributed by atoms with Gasteiger partial charge in [0.2, 0.25) is 5.91 Å². The molecule has 0 saturated heterocycles. The molecule has 0 saturated carbocycles. The van der Waals surface area contributed by atoms with Crippen LogP contribution in [0.15, 0.2) is 6.07 Å². The van der Waals surface area contributed by atoms with E-state index in [1.54, 1.807) is 4.68 Å².